The molecule has 0 radical (unpaired) electrons. The van der Waals surface area contributed by atoms with Crippen molar-refractivity contribution in [3.63, 3.8) is 0 Å². The zero-order chi connectivity index (χ0) is 14.7. The van der Waals surface area contributed by atoms with E-state index in [1.165, 1.54) is 26.4 Å². The molecule has 0 amide bonds. The Balaban J connectivity index is 2.40. The fourth-order valence-corrected chi connectivity index (χ4v) is 3.31. The Morgan fingerprint density at radius 2 is 2.10 bits per heavy atom. The van der Waals surface area contributed by atoms with E-state index < -0.39 is 0 Å². The number of hydrogen-bond donors (Lipinski definition) is 0. The van der Waals surface area contributed by atoms with Crippen LogP contribution in [0, 0.1) is 5.92 Å². The quantitative estimate of drug-likeness (QED) is 0.793. The molecule has 20 heavy (non-hydrogen) atoms. The van der Waals surface area contributed by atoms with Crippen molar-refractivity contribution in [1.29, 1.82) is 0 Å². The lowest BCUT2D eigenvalue weighted by molar-refractivity contribution is 0.0592. The van der Waals surface area contributed by atoms with Gasteiger partial charge in [-0.05, 0) is 24.7 Å². The maximum atomic E-state index is 11.8. The van der Waals surface area contributed by atoms with Gasteiger partial charge in [-0.25, -0.2) is 9.48 Å². The molecule has 0 aliphatic heterocycles. The van der Waals surface area contributed by atoms with Crippen LogP contribution in [-0.2, 0) is 4.74 Å². The van der Waals surface area contributed by atoms with E-state index in [-0.39, 0.29) is 11.9 Å². The van der Waals surface area contributed by atoms with Crippen LogP contribution in [0.15, 0.2) is 0 Å². The number of aromatic nitrogens is 3. The van der Waals surface area contributed by atoms with Crippen LogP contribution in [0.5, 0.6) is 0 Å². The average molecular weight is 279 g/mol. The molecule has 0 saturated heterocycles. The van der Waals surface area contributed by atoms with Gasteiger partial charge >= 0.3 is 5.97 Å². The van der Waals surface area contributed by atoms with Gasteiger partial charge in [0.05, 0.1) is 18.8 Å². The SMILES string of the molecule is CCC1CCCCC1n1nnc(C(=O)OC)c1C(C)C. The lowest BCUT2D eigenvalue weighted by atomic mass is 9.82. The number of esters is 1. The van der Waals surface area contributed by atoms with Crippen LogP contribution in [0.3, 0.4) is 0 Å². The summed E-state index contributed by atoms with van der Waals surface area (Å²) in [6, 6.07) is 0.372. The normalized spacial score (nSPS) is 23.1. The van der Waals surface area contributed by atoms with Gasteiger partial charge in [0.15, 0.2) is 5.69 Å². The molecule has 1 aliphatic rings. The zero-order valence-corrected chi connectivity index (χ0v) is 12.9. The van der Waals surface area contributed by atoms with Gasteiger partial charge in [0.25, 0.3) is 0 Å². The van der Waals surface area contributed by atoms with E-state index in [2.05, 4.69) is 31.1 Å². The van der Waals surface area contributed by atoms with Crippen LogP contribution < -0.4 is 0 Å². The van der Waals surface area contributed by atoms with Crippen molar-refractivity contribution >= 4 is 5.97 Å². The molecule has 1 fully saturated rings. The molecule has 1 aliphatic carbocycles. The summed E-state index contributed by atoms with van der Waals surface area (Å²) in [4.78, 5) is 11.8. The first-order chi connectivity index (χ1) is 9.60. The van der Waals surface area contributed by atoms with Crippen molar-refractivity contribution in [2.75, 3.05) is 7.11 Å². The molecule has 5 nitrogen and oxygen atoms in total. The highest BCUT2D eigenvalue weighted by molar-refractivity contribution is 5.88. The third kappa shape index (κ3) is 2.72. The van der Waals surface area contributed by atoms with Gasteiger partial charge < -0.3 is 4.74 Å². The molecule has 0 bridgehead atoms. The highest BCUT2D eigenvalue weighted by atomic mass is 16.5. The fourth-order valence-electron chi connectivity index (χ4n) is 3.31. The van der Waals surface area contributed by atoms with Gasteiger partial charge in [-0.2, -0.15) is 0 Å². The van der Waals surface area contributed by atoms with Gasteiger partial charge in [0.2, 0.25) is 0 Å². The number of carbonyl (C=O) groups is 1. The second-order valence-electron chi connectivity index (χ2n) is 5.93. The summed E-state index contributed by atoms with van der Waals surface area (Å²) >= 11 is 0. The molecule has 1 aromatic heterocycles. The fraction of sp³-hybridized carbons (Fsp3) is 0.800. The Hall–Kier alpha value is -1.39. The van der Waals surface area contributed by atoms with E-state index in [0.29, 0.717) is 17.7 Å². The van der Waals surface area contributed by atoms with E-state index >= 15 is 0 Å². The summed E-state index contributed by atoms with van der Waals surface area (Å²) in [6.07, 6.45) is 6.04. The van der Waals surface area contributed by atoms with Crippen LogP contribution in [0.4, 0.5) is 0 Å². The van der Waals surface area contributed by atoms with Crippen molar-refractivity contribution in [1.82, 2.24) is 15.0 Å². The first-order valence-electron chi connectivity index (χ1n) is 7.63. The summed E-state index contributed by atoms with van der Waals surface area (Å²) in [7, 11) is 1.39. The molecule has 0 aromatic carbocycles. The third-order valence-corrected chi connectivity index (χ3v) is 4.36. The van der Waals surface area contributed by atoms with Crippen molar-refractivity contribution in [2.24, 2.45) is 5.92 Å². The zero-order valence-electron chi connectivity index (χ0n) is 12.9. The van der Waals surface area contributed by atoms with Gasteiger partial charge in [-0.1, -0.05) is 45.2 Å². The molecule has 112 valence electrons. The Bertz CT molecular complexity index is 468. The van der Waals surface area contributed by atoms with Crippen LogP contribution in [-0.4, -0.2) is 28.1 Å². The van der Waals surface area contributed by atoms with Crippen molar-refractivity contribution in [3.05, 3.63) is 11.4 Å². The Kier molecular flexibility index (Phi) is 4.78. The minimum absolute atomic E-state index is 0.207. The summed E-state index contributed by atoms with van der Waals surface area (Å²) in [5.41, 5.74) is 1.30. The summed E-state index contributed by atoms with van der Waals surface area (Å²) in [5.74, 6) is 0.454. The van der Waals surface area contributed by atoms with Gasteiger partial charge in [0, 0.05) is 0 Å². The maximum absolute atomic E-state index is 11.8. The summed E-state index contributed by atoms with van der Waals surface area (Å²) < 4.78 is 6.83. The molecular weight excluding hydrogens is 254 g/mol. The number of methoxy groups -OCH3 is 1. The van der Waals surface area contributed by atoms with E-state index in [4.69, 9.17) is 4.74 Å². The Morgan fingerprint density at radius 3 is 2.70 bits per heavy atom. The molecule has 1 saturated carbocycles. The van der Waals surface area contributed by atoms with Crippen LogP contribution in [0.25, 0.3) is 0 Å². The minimum atomic E-state index is -0.385. The average Bonchev–Trinajstić information content (AvgIpc) is 2.91. The van der Waals surface area contributed by atoms with E-state index in [0.717, 1.165) is 18.5 Å². The smallest absolute Gasteiger partial charge is 0.360 e. The largest absolute Gasteiger partial charge is 0.464 e. The summed E-state index contributed by atoms with van der Waals surface area (Å²) in [5, 5.41) is 8.38. The van der Waals surface area contributed by atoms with E-state index in [1.54, 1.807) is 0 Å². The maximum Gasteiger partial charge on any atom is 0.360 e. The van der Waals surface area contributed by atoms with E-state index in [9.17, 15) is 4.79 Å². The lowest BCUT2D eigenvalue weighted by Crippen LogP contribution is -2.26. The number of carbonyl (C=O) groups excluding carboxylic acids is 1. The molecule has 1 aromatic rings. The van der Waals surface area contributed by atoms with Gasteiger partial charge in [0.1, 0.15) is 0 Å². The molecule has 0 spiro atoms. The molecule has 1 heterocycles. The van der Waals surface area contributed by atoms with Crippen LogP contribution in [0.1, 0.15) is 81.0 Å². The number of rotatable bonds is 4. The molecule has 2 rings (SSSR count). The predicted molar refractivity (Wildman–Crippen MR) is 76.7 cm³/mol. The molecule has 2 atom stereocenters. The monoisotopic (exact) mass is 279 g/mol. The first kappa shape index (κ1) is 15.0. The predicted octanol–water partition coefficient (Wildman–Crippen LogP) is 3.33. The number of ether oxygens (including phenoxy) is 1. The molecule has 5 heteroatoms. The molecule has 0 N–H and O–H groups in total. The molecule has 2 unspecified atom stereocenters. The Labute approximate surface area is 120 Å². The summed E-state index contributed by atoms with van der Waals surface area (Å²) in [6.45, 7) is 6.38. The Morgan fingerprint density at radius 1 is 1.40 bits per heavy atom. The second kappa shape index (κ2) is 6.37. The topological polar surface area (TPSA) is 57.0 Å². The van der Waals surface area contributed by atoms with Crippen molar-refractivity contribution < 1.29 is 9.53 Å². The van der Waals surface area contributed by atoms with Crippen LogP contribution >= 0.6 is 0 Å². The van der Waals surface area contributed by atoms with Crippen molar-refractivity contribution in [2.45, 2.75) is 64.8 Å². The first-order valence-corrected chi connectivity index (χ1v) is 7.63. The number of nitrogens with zero attached hydrogens (tertiary/aromatic N) is 3. The standard InChI is InChI=1S/C15H25N3O2/c1-5-11-8-6-7-9-12(11)18-14(10(2)3)13(16-17-18)15(19)20-4/h10-12H,5-9H2,1-4H3. The lowest BCUT2D eigenvalue weighted by Gasteiger charge is -2.32. The van der Waals surface area contributed by atoms with Gasteiger partial charge in [-0.15, -0.1) is 5.10 Å². The highest BCUT2D eigenvalue weighted by Crippen LogP contribution is 2.37. The molecular formula is C15H25N3O2. The minimum Gasteiger partial charge on any atom is -0.464 e. The van der Waals surface area contributed by atoms with Gasteiger partial charge in [-0.3, -0.25) is 0 Å². The van der Waals surface area contributed by atoms with Crippen molar-refractivity contribution in [3.8, 4) is 0 Å². The number of hydrogen-bond acceptors (Lipinski definition) is 4. The van der Waals surface area contributed by atoms with E-state index in [1.807, 2.05) is 4.68 Å². The second-order valence-corrected chi connectivity index (χ2v) is 5.93. The third-order valence-electron chi connectivity index (χ3n) is 4.36. The highest BCUT2D eigenvalue weighted by Gasteiger charge is 2.31. The van der Waals surface area contributed by atoms with Crippen LogP contribution in [0.2, 0.25) is 0 Å².